The van der Waals surface area contributed by atoms with E-state index < -0.39 is 4.92 Å². The summed E-state index contributed by atoms with van der Waals surface area (Å²) in [6.45, 7) is 4.34. The number of halogens is 1. The molecule has 0 aliphatic carbocycles. The molecular formula is C14H15BrN2O3S. The van der Waals surface area contributed by atoms with Crippen LogP contribution in [0.5, 0.6) is 5.75 Å². The molecule has 112 valence electrons. The summed E-state index contributed by atoms with van der Waals surface area (Å²) in [4.78, 5) is 11.7. The van der Waals surface area contributed by atoms with Crippen molar-refractivity contribution < 1.29 is 9.66 Å². The average Bonchev–Trinajstić information content (AvgIpc) is 2.81. The topological polar surface area (TPSA) is 64.4 Å². The highest BCUT2D eigenvalue weighted by Crippen LogP contribution is 2.31. The molecule has 1 heterocycles. The zero-order valence-corrected chi connectivity index (χ0v) is 14.0. The summed E-state index contributed by atoms with van der Waals surface area (Å²) in [5.74, 6) is 0.285. The molecule has 5 nitrogen and oxygen atoms in total. The summed E-state index contributed by atoms with van der Waals surface area (Å²) in [5.41, 5.74) is 0.772. The number of nitrogens with zero attached hydrogens (tertiary/aromatic N) is 1. The van der Waals surface area contributed by atoms with Crippen LogP contribution in [-0.4, -0.2) is 11.0 Å². The van der Waals surface area contributed by atoms with Gasteiger partial charge in [-0.1, -0.05) is 0 Å². The third-order valence-electron chi connectivity index (χ3n) is 2.61. The molecule has 0 saturated carbocycles. The van der Waals surface area contributed by atoms with Crippen molar-refractivity contribution in [2.75, 3.05) is 5.32 Å². The Bertz CT molecular complexity index is 643. The lowest BCUT2D eigenvalue weighted by molar-refractivity contribution is -0.386. The van der Waals surface area contributed by atoms with Gasteiger partial charge in [0.2, 0.25) is 0 Å². The SMILES string of the molecule is CC(C)Oc1cc(NCc2ccc(Br)s2)ccc1[N+](=O)[O-]. The van der Waals surface area contributed by atoms with Gasteiger partial charge in [-0.05, 0) is 48.0 Å². The monoisotopic (exact) mass is 370 g/mol. The highest BCUT2D eigenvalue weighted by molar-refractivity contribution is 9.11. The number of rotatable bonds is 6. The summed E-state index contributed by atoms with van der Waals surface area (Å²) in [6, 6.07) is 8.84. The first kappa shape index (κ1) is 15.8. The third-order valence-corrected chi connectivity index (χ3v) is 4.24. The molecule has 1 aromatic carbocycles. The lowest BCUT2D eigenvalue weighted by atomic mass is 10.2. The van der Waals surface area contributed by atoms with Gasteiger partial charge in [-0.25, -0.2) is 0 Å². The van der Waals surface area contributed by atoms with Gasteiger partial charge in [0.25, 0.3) is 0 Å². The quantitative estimate of drug-likeness (QED) is 0.584. The molecule has 0 spiro atoms. The summed E-state index contributed by atoms with van der Waals surface area (Å²) in [5, 5.41) is 14.2. The number of benzene rings is 1. The van der Waals surface area contributed by atoms with Crippen LogP contribution >= 0.6 is 27.3 Å². The highest BCUT2D eigenvalue weighted by Gasteiger charge is 2.16. The maximum Gasteiger partial charge on any atom is 0.311 e. The van der Waals surface area contributed by atoms with Gasteiger partial charge in [0.1, 0.15) is 0 Å². The van der Waals surface area contributed by atoms with E-state index in [-0.39, 0.29) is 17.5 Å². The molecule has 2 aromatic rings. The van der Waals surface area contributed by atoms with E-state index in [0.717, 1.165) is 9.47 Å². The van der Waals surface area contributed by atoms with Crippen molar-refractivity contribution in [2.24, 2.45) is 0 Å². The molecule has 0 bridgehead atoms. The van der Waals surface area contributed by atoms with Crippen LogP contribution in [0.1, 0.15) is 18.7 Å². The zero-order chi connectivity index (χ0) is 15.4. The third kappa shape index (κ3) is 4.44. The molecule has 7 heteroatoms. The Morgan fingerprint density at radius 3 is 2.71 bits per heavy atom. The smallest absolute Gasteiger partial charge is 0.311 e. The van der Waals surface area contributed by atoms with Crippen molar-refractivity contribution >= 4 is 38.6 Å². The highest BCUT2D eigenvalue weighted by atomic mass is 79.9. The lowest BCUT2D eigenvalue weighted by Crippen LogP contribution is -2.08. The molecular weight excluding hydrogens is 356 g/mol. The van der Waals surface area contributed by atoms with Crippen molar-refractivity contribution in [3.8, 4) is 5.75 Å². The first-order valence-corrected chi connectivity index (χ1v) is 8.00. The van der Waals surface area contributed by atoms with Crippen molar-refractivity contribution in [3.05, 3.63) is 49.1 Å². The predicted octanol–water partition coefficient (Wildman–Crippen LogP) is 4.82. The second kappa shape index (κ2) is 6.91. The lowest BCUT2D eigenvalue weighted by Gasteiger charge is -2.12. The molecule has 21 heavy (non-hydrogen) atoms. The Morgan fingerprint density at radius 2 is 2.14 bits per heavy atom. The largest absolute Gasteiger partial charge is 0.484 e. The average molecular weight is 371 g/mol. The van der Waals surface area contributed by atoms with E-state index in [2.05, 4.69) is 21.2 Å². The van der Waals surface area contributed by atoms with Gasteiger partial charge in [0, 0.05) is 29.2 Å². The van der Waals surface area contributed by atoms with Crippen LogP contribution in [-0.2, 0) is 6.54 Å². The molecule has 2 rings (SSSR count). The number of hydrogen-bond acceptors (Lipinski definition) is 5. The van der Waals surface area contributed by atoms with Crippen LogP contribution in [0.4, 0.5) is 11.4 Å². The fraction of sp³-hybridized carbons (Fsp3) is 0.286. The molecule has 0 aliphatic heterocycles. The van der Waals surface area contributed by atoms with Crippen LogP contribution in [0.25, 0.3) is 0 Å². The van der Waals surface area contributed by atoms with E-state index in [0.29, 0.717) is 6.54 Å². The number of thiophene rings is 1. The first-order valence-electron chi connectivity index (χ1n) is 6.39. The Labute approximate surface area is 135 Å². The van der Waals surface area contributed by atoms with Crippen LogP contribution in [0, 0.1) is 10.1 Å². The maximum atomic E-state index is 11.0. The first-order chi connectivity index (χ1) is 9.95. The van der Waals surface area contributed by atoms with Crippen LogP contribution < -0.4 is 10.1 Å². The van der Waals surface area contributed by atoms with E-state index in [9.17, 15) is 10.1 Å². The Hall–Kier alpha value is -1.60. The molecule has 0 atom stereocenters. The van der Waals surface area contributed by atoms with Crippen molar-refractivity contribution in [1.29, 1.82) is 0 Å². The molecule has 0 radical (unpaired) electrons. The summed E-state index contributed by atoms with van der Waals surface area (Å²) >= 11 is 5.06. The van der Waals surface area contributed by atoms with Gasteiger partial charge in [0.05, 0.1) is 14.8 Å². The fourth-order valence-corrected chi connectivity index (χ4v) is 3.18. The minimum Gasteiger partial charge on any atom is -0.484 e. The van der Waals surface area contributed by atoms with Crippen molar-refractivity contribution in [3.63, 3.8) is 0 Å². The van der Waals surface area contributed by atoms with Crippen LogP contribution in [0.2, 0.25) is 0 Å². The maximum absolute atomic E-state index is 11.0. The van der Waals surface area contributed by atoms with Gasteiger partial charge in [0.15, 0.2) is 5.75 Å². The number of anilines is 1. The summed E-state index contributed by atoms with van der Waals surface area (Å²) in [6.07, 6.45) is -0.118. The minimum atomic E-state index is -0.433. The number of nitro benzene ring substituents is 1. The van der Waals surface area contributed by atoms with Gasteiger partial charge in [-0.15, -0.1) is 11.3 Å². The van der Waals surface area contributed by atoms with E-state index in [1.165, 1.54) is 10.9 Å². The Kier molecular flexibility index (Phi) is 5.19. The van der Waals surface area contributed by atoms with Crippen molar-refractivity contribution in [2.45, 2.75) is 26.5 Å². The molecule has 1 N–H and O–H groups in total. The van der Waals surface area contributed by atoms with Gasteiger partial charge in [-0.3, -0.25) is 10.1 Å². The van der Waals surface area contributed by atoms with E-state index in [1.54, 1.807) is 23.5 Å². The van der Waals surface area contributed by atoms with Crippen LogP contribution in [0.15, 0.2) is 34.1 Å². The second-order valence-corrected chi connectivity index (χ2v) is 7.21. The number of ether oxygens (including phenoxy) is 1. The van der Waals surface area contributed by atoms with Gasteiger partial charge >= 0.3 is 5.69 Å². The van der Waals surface area contributed by atoms with E-state index >= 15 is 0 Å². The van der Waals surface area contributed by atoms with Crippen LogP contribution in [0.3, 0.4) is 0 Å². The molecule has 1 aromatic heterocycles. The number of nitro groups is 1. The van der Waals surface area contributed by atoms with E-state index in [4.69, 9.17) is 4.74 Å². The number of hydrogen-bond donors (Lipinski definition) is 1. The van der Waals surface area contributed by atoms with Gasteiger partial charge < -0.3 is 10.1 Å². The molecule has 0 fully saturated rings. The normalized spacial score (nSPS) is 10.7. The second-order valence-electron chi connectivity index (χ2n) is 4.67. The molecule has 0 amide bonds. The number of nitrogens with one attached hydrogen (secondary N) is 1. The fourth-order valence-electron chi connectivity index (χ4n) is 1.76. The summed E-state index contributed by atoms with van der Waals surface area (Å²) < 4.78 is 6.59. The molecule has 0 unspecified atom stereocenters. The predicted molar refractivity (Wildman–Crippen MR) is 88.2 cm³/mol. The minimum absolute atomic E-state index is 0.0203. The Morgan fingerprint density at radius 1 is 1.38 bits per heavy atom. The molecule has 0 aliphatic rings. The standard InChI is InChI=1S/C14H15BrN2O3S/c1-9(2)20-13-7-10(3-5-12(13)17(18)19)16-8-11-4-6-14(15)21-11/h3-7,9,16H,8H2,1-2H3. The zero-order valence-electron chi connectivity index (χ0n) is 11.6. The van der Waals surface area contributed by atoms with Crippen molar-refractivity contribution in [1.82, 2.24) is 0 Å². The van der Waals surface area contributed by atoms with Gasteiger partial charge in [-0.2, -0.15) is 0 Å². The van der Waals surface area contributed by atoms with E-state index in [1.807, 2.05) is 26.0 Å². The molecule has 0 saturated heterocycles. The summed E-state index contributed by atoms with van der Waals surface area (Å²) in [7, 11) is 0. The Balaban J connectivity index is 2.14.